The highest BCUT2D eigenvalue weighted by atomic mass is 16.3. The summed E-state index contributed by atoms with van der Waals surface area (Å²) < 4.78 is 0. The minimum absolute atomic E-state index is 0.0690. The third kappa shape index (κ3) is 9.77. The Kier molecular flexibility index (Phi) is 13.9. The van der Waals surface area contributed by atoms with Gasteiger partial charge in [-0.1, -0.05) is 89.7 Å². The van der Waals surface area contributed by atoms with Crippen molar-refractivity contribution < 1.29 is 19.8 Å². The highest BCUT2D eigenvalue weighted by Gasteiger charge is 2.31. The molecule has 0 aromatic heterocycles. The van der Waals surface area contributed by atoms with Gasteiger partial charge in [-0.05, 0) is 39.0 Å². The van der Waals surface area contributed by atoms with E-state index in [2.05, 4.69) is 19.1 Å². The molecule has 30 heavy (non-hydrogen) atoms. The van der Waals surface area contributed by atoms with Crippen LogP contribution >= 0.6 is 0 Å². The Bertz CT molecular complexity index is 625. The molecule has 0 radical (unpaired) electrons. The smallest absolute Gasteiger partial charge is 0.227 e. The summed E-state index contributed by atoms with van der Waals surface area (Å²) in [6, 6.07) is 0. The first-order chi connectivity index (χ1) is 14.5. The summed E-state index contributed by atoms with van der Waals surface area (Å²) in [4.78, 5) is 23.8. The molecule has 0 fully saturated rings. The molecule has 0 heterocycles. The van der Waals surface area contributed by atoms with E-state index >= 15 is 0 Å². The fraction of sp³-hybridized carbons (Fsp3) is 0.692. The van der Waals surface area contributed by atoms with Crippen molar-refractivity contribution in [2.24, 2.45) is 0 Å². The summed E-state index contributed by atoms with van der Waals surface area (Å²) in [5, 5.41) is 19.6. The molecule has 0 aromatic carbocycles. The van der Waals surface area contributed by atoms with Gasteiger partial charge in [-0.2, -0.15) is 0 Å². The fourth-order valence-corrected chi connectivity index (χ4v) is 3.79. The number of hydrogen-bond acceptors (Lipinski definition) is 4. The van der Waals surface area contributed by atoms with Crippen LogP contribution in [0.4, 0.5) is 0 Å². The molecular weight excluding hydrogens is 376 g/mol. The highest BCUT2D eigenvalue weighted by molar-refractivity contribution is 6.22. The lowest BCUT2D eigenvalue weighted by Crippen LogP contribution is -2.22. The fourth-order valence-electron chi connectivity index (χ4n) is 3.79. The van der Waals surface area contributed by atoms with E-state index in [1.165, 1.54) is 84.0 Å². The lowest BCUT2D eigenvalue weighted by Gasteiger charge is -2.15. The number of carbonyl (C=O) groups is 2. The van der Waals surface area contributed by atoms with Gasteiger partial charge in [0.15, 0.2) is 11.5 Å². The van der Waals surface area contributed by atoms with Gasteiger partial charge < -0.3 is 10.2 Å². The Labute approximate surface area is 183 Å². The average molecular weight is 419 g/mol. The molecule has 0 atom stereocenters. The summed E-state index contributed by atoms with van der Waals surface area (Å²) >= 11 is 0. The summed E-state index contributed by atoms with van der Waals surface area (Å²) in [5.41, 5.74) is 0.0000430. The Balaban J connectivity index is 1.95. The minimum atomic E-state index is -0.634. The number of rotatable bonds is 17. The third-order valence-electron chi connectivity index (χ3n) is 5.87. The Hall–Kier alpha value is -1.84. The van der Waals surface area contributed by atoms with Crippen LogP contribution in [0.25, 0.3) is 0 Å². The Morgan fingerprint density at radius 3 is 1.63 bits per heavy atom. The zero-order chi connectivity index (χ0) is 22.2. The van der Waals surface area contributed by atoms with Gasteiger partial charge >= 0.3 is 0 Å². The van der Waals surface area contributed by atoms with Crippen LogP contribution in [0.2, 0.25) is 0 Å². The van der Waals surface area contributed by atoms with Crippen LogP contribution in [0.3, 0.4) is 0 Å². The molecule has 0 bridgehead atoms. The average Bonchev–Trinajstić information content (AvgIpc) is 2.75. The number of Topliss-reactive ketones (excluding diaryl/α,β-unsaturated/α-hetero) is 2. The molecule has 1 aliphatic carbocycles. The molecule has 1 rings (SSSR count). The highest BCUT2D eigenvalue weighted by Crippen LogP contribution is 2.25. The first-order valence-corrected chi connectivity index (χ1v) is 12.1. The maximum absolute atomic E-state index is 12.0. The number of hydrogen-bond donors (Lipinski definition) is 2. The van der Waals surface area contributed by atoms with E-state index in [0.29, 0.717) is 6.42 Å². The van der Waals surface area contributed by atoms with Gasteiger partial charge in [-0.15, -0.1) is 0 Å². The van der Waals surface area contributed by atoms with Gasteiger partial charge in [0.2, 0.25) is 11.6 Å². The molecule has 0 aromatic rings. The van der Waals surface area contributed by atoms with Crippen LogP contribution in [0.5, 0.6) is 0 Å². The van der Waals surface area contributed by atoms with Crippen molar-refractivity contribution in [1.82, 2.24) is 0 Å². The number of carbonyl (C=O) groups excluding carboxylic acids is 2. The zero-order valence-corrected chi connectivity index (χ0v) is 19.2. The minimum Gasteiger partial charge on any atom is -0.504 e. The van der Waals surface area contributed by atoms with Crippen molar-refractivity contribution in [2.75, 3.05) is 0 Å². The van der Waals surface area contributed by atoms with E-state index in [4.69, 9.17) is 0 Å². The lowest BCUT2D eigenvalue weighted by atomic mass is 9.91. The number of aliphatic hydroxyl groups excluding tert-OH is 2. The topological polar surface area (TPSA) is 74.6 Å². The number of unbranched alkanes of at least 4 members (excludes halogenated alkanes) is 13. The Morgan fingerprint density at radius 2 is 1.10 bits per heavy atom. The van der Waals surface area contributed by atoms with Crippen molar-refractivity contribution in [2.45, 2.75) is 117 Å². The summed E-state index contributed by atoms with van der Waals surface area (Å²) in [6.45, 7) is 3.59. The lowest BCUT2D eigenvalue weighted by molar-refractivity contribution is -0.120. The maximum atomic E-state index is 12.0. The molecule has 0 spiro atoms. The van der Waals surface area contributed by atoms with E-state index in [1.807, 2.05) is 0 Å². The monoisotopic (exact) mass is 418 g/mol. The second-order valence-electron chi connectivity index (χ2n) is 8.50. The van der Waals surface area contributed by atoms with Crippen LogP contribution in [0, 0.1) is 0 Å². The second-order valence-corrected chi connectivity index (χ2v) is 8.50. The van der Waals surface area contributed by atoms with Crippen molar-refractivity contribution in [3.8, 4) is 0 Å². The van der Waals surface area contributed by atoms with Crippen LogP contribution in [-0.2, 0) is 9.59 Å². The van der Waals surface area contributed by atoms with Gasteiger partial charge in [0.1, 0.15) is 0 Å². The number of aliphatic hydroxyl groups is 2. The third-order valence-corrected chi connectivity index (χ3v) is 5.87. The first kappa shape index (κ1) is 26.2. The van der Waals surface area contributed by atoms with Crippen molar-refractivity contribution in [3.63, 3.8) is 0 Å². The van der Waals surface area contributed by atoms with Gasteiger partial charge in [-0.25, -0.2) is 0 Å². The summed E-state index contributed by atoms with van der Waals surface area (Å²) in [7, 11) is 0. The summed E-state index contributed by atoms with van der Waals surface area (Å²) in [6.07, 6.45) is 23.2. The van der Waals surface area contributed by atoms with E-state index in [0.717, 1.165) is 19.3 Å². The van der Waals surface area contributed by atoms with Crippen LogP contribution < -0.4 is 0 Å². The largest absolute Gasteiger partial charge is 0.504 e. The van der Waals surface area contributed by atoms with Crippen LogP contribution in [-0.4, -0.2) is 21.8 Å². The van der Waals surface area contributed by atoms with Gasteiger partial charge in [0.25, 0.3) is 0 Å². The van der Waals surface area contributed by atoms with Gasteiger partial charge in [0, 0.05) is 11.1 Å². The van der Waals surface area contributed by atoms with Gasteiger partial charge in [0.05, 0.1) is 0 Å². The van der Waals surface area contributed by atoms with Crippen molar-refractivity contribution >= 4 is 11.6 Å². The van der Waals surface area contributed by atoms with E-state index in [-0.39, 0.29) is 11.1 Å². The molecule has 1 aliphatic rings. The summed E-state index contributed by atoms with van der Waals surface area (Å²) in [5.74, 6) is -2.23. The molecule has 0 aliphatic heterocycles. The van der Waals surface area contributed by atoms with Crippen LogP contribution in [0.15, 0.2) is 34.8 Å². The van der Waals surface area contributed by atoms with Gasteiger partial charge in [-0.3, -0.25) is 9.59 Å². The zero-order valence-electron chi connectivity index (χ0n) is 19.2. The molecular formula is C26H42O4. The van der Waals surface area contributed by atoms with Crippen molar-refractivity contribution in [1.29, 1.82) is 0 Å². The first-order valence-electron chi connectivity index (χ1n) is 12.1. The van der Waals surface area contributed by atoms with Crippen molar-refractivity contribution in [3.05, 3.63) is 34.8 Å². The Morgan fingerprint density at radius 1 is 0.633 bits per heavy atom. The number of allylic oxidation sites excluding steroid dienone is 4. The number of ketones is 2. The molecule has 0 saturated heterocycles. The van der Waals surface area contributed by atoms with Crippen LogP contribution in [0.1, 0.15) is 117 Å². The van der Waals surface area contributed by atoms with E-state index in [1.54, 1.807) is 0 Å². The SMILES string of the molecule is CCCC/C=C/CCCCCCCCCCCCCC1=C(O)C(=O)C(C)=C(O)C1=O. The molecule has 2 N–H and O–H groups in total. The predicted octanol–water partition coefficient (Wildman–Crippen LogP) is 7.60. The predicted molar refractivity (Wildman–Crippen MR) is 124 cm³/mol. The molecule has 0 unspecified atom stereocenters. The standard InChI is InChI=1S/C26H42O4/c1-3-4-5-6-7-8-9-10-11-12-13-14-15-16-17-18-19-20-22-25(29)23(27)21(2)24(28)26(22)30/h6-7,27,30H,3-5,8-20H2,1-2H3/b7-6+. The molecule has 4 nitrogen and oxygen atoms in total. The van der Waals surface area contributed by atoms with E-state index in [9.17, 15) is 19.8 Å². The normalized spacial score (nSPS) is 15.1. The molecule has 170 valence electrons. The second kappa shape index (κ2) is 15.9. The molecule has 0 amide bonds. The van der Waals surface area contributed by atoms with E-state index < -0.39 is 23.1 Å². The molecule has 4 heteroatoms. The molecule has 0 saturated carbocycles. The quantitative estimate of drug-likeness (QED) is 0.145. The maximum Gasteiger partial charge on any atom is 0.227 e.